The van der Waals surface area contributed by atoms with Gasteiger partial charge in [0.05, 0.1) is 0 Å². The van der Waals surface area contributed by atoms with E-state index in [4.69, 9.17) is 5.73 Å². The van der Waals surface area contributed by atoms with Crippen LogP contribution in [-0.2, 0) is 5.54 Å². The topological polar surface area (TPSA) is 56.7 Å². The predicted octanol–water partition coefficient (Wildman–Crippen LogP) is 2.92. The Hall–Kier alpha value is -1.10. The van der Waals surface area contributed by atoms with Gasteiger partial charge in [0.25, 0.3) is 0 Å². The summed E-state index contributed by atoms with van der Waals surface area (Å²) in [5.74, 6) is 1.25. The average Bonchev–Trinajstić information content (AvgIpc) is 3.01. The van der Waals surface area contributed by atoms with Crippen LogP contribution in [0.5, 0.6) is 0 Å². The number of anilines is 1. The van der Waals surface area contributed by atoms with Gasteiger partial charge in [0, 0.05) is 16.2 Å². The van der Waals surface area contributed by atoms with E-state index >= 15 is 0 Å². The van der Waals surface area contributed by atoms with E-state index in [-0.39, 0.29) is 5.54 Å². The van der Waals surface area contributed by atoms with Crippen molar-refractivity contribution in [3.8, 4) is 0 Å². The van der Waals surface area contributed by atoms with Gasteiger partial charge >= 0.3 is 0 Å². The maximum absolute atomic E-state index is 6.05. The van der Waals surface area contributed by atoms with E-state index in [9.17, 15) is 0 Å². The Morgan fingerprint density at radius 2 is 2.18 bits per heavy atom. The van der Waals surface area contributed by atoms with E-state index in [1.54, 1.807) is 6.20 Å². The molecular weight excluding hydrogens is 280 g/mol. The molecule has 1 aliphatic carbocycles. The molecule has 0 bridgehead atoms. The third-order valence-corrected chi connectivity index (χ3v) is 4.08. The van der Waals surface area contributed by atoms with Gasteiger partial charge in [0.2, 0.25) is 5.95 Å². The number of aromatic nitrogens is 3. The average molecular weight is 295 g/mol. The highest BCUT2D eigenvalue weighted by Gasteiger charge is 2.41. The van der Waals surface area contributed by atoms with Crippen molar-refractivity contribution in [2.24, 2.45) is 5.92 Å². The van der Waals surface area contributed by atoms with E-state index in [0.29, 0.717) is 11.9 Å². The number of pyridine rings is 1. The minimum absolute atomic E-state index is 0.000334. The lowest BCUT2D eigenvalue weighted by molar-refractivity contribution is 0.316. The summed E-state index contributed by atoms with van der Waals surface area (Å²) in [5, 5.41) is 0. The third kappa shape index (κ3) is 1.64. The van der Waals surface area contributed by atoms with Gasteiger partial charge in [0.1, 0.15) is 5.52 Å². The molecule has 90 valence electrons. The van der Waals surface area contributed by atoms with E-state index in [1.807, 2.05) is 6.07 Å². The molecule has 1 fully saturated rings. The number of rotatable bonds is 2. The second kappa shape index (κ2) is 3.45. The molecule has 17 heavy (non-hydrogen) atoms. The second-order valence-electron chi connectivity index (χ2n) is 5.23. The lowest BCUT2D eigenvalue weighted by Crippen LogP contribution is -2.30. The maximum atomic E-state index is 6.05. The molecule has 2 aromatic heterocycles. The SMILES string of the molecule is CC(C)(C1CC1)n1c(N)nc2cc(Br)cnc21. The highest BCUT2D eigenvalue weighted by atomic mass is 79.9. The molecule has 1 aliphatic rings. The second-order valence-corrected chi connectivity index (χ2v) is 6.15. The molecule has 0 saturated heterocycles. The van der Waals surface area contributed by atoms with Crippen LogP contribution in [0.15, 0.2) is 16.7 Å². The summed E-state index contributed by atoms with van der Waals surface area (Å²) in [6.07, 6.45) is 4.33. The number of fused-ring (bicyclic) bond motifs is 1. The highest BCUT2D eigenvalue weighted by molar-refractivity contribution is 9.10. The van der Waals surface area contributed by atoms with E-state index < -0.39 is 0 Å². The molecule has 2 aromatic rings. The van der Waals surface area contributed by atoms with Gasteiger partial charge in [-0.1, -0.05) is 0 Å². The Morgan fingerprint density at radius 3 is 2.82 bits per heavy atom. The van der Waals surface area contributed by atoms with Gasteiger partial charge in [0.15, 0.2) is 5.65 Å². The quantitative estimate of drug-likeness (QED) is 0.926. The van der Waals surface area contributed by atoms with Crippen LogP contribution in [0.1, 0.15) is 26.7 Å². The number of hydrogen-bond donors (Lipinski definition) is 1. The van der Waals surface area contributed by atoms with Gasteiger partial charge in [-0.25, -0.2) is 9.97 Å². The van der Waals surface area contributed by atoms with Gasteiger partial charge in [-0.05, 0) is 54.6 Å². The summed E-state index contributed by atoms with van der Waals surface area (Å²) in [6.45, 7) is 4.43. The molecule has 0 radical (unpaired) electrons. The van der Waals surface area contributed by atoms with Crippen LogP contribution in [0, 0.1) is 5.92 Å². The van der Waals surface area contributed by atoms with Crippen LogP contribution >= 0.6 is 15.9 Å². The van der Waals surface area contributed by atoms with Gasteiger partial charge in [-0.3, -0.25) is 4.57 Å². The first-order valence-corrected chi connectivity index (χ1v) is 6.59. The number of imidazole rings is 1. The zero-order valence-corrected chi connectivity index (χ0v) is 11.5. The van der Waals surface area contributed by atoms with E-state index in [2.05, 4.69) is 44.3 Å². The minimum Gasteiger partial charge on any atom is -0.369 e. The van der Waals surface area contributed by atoms with Crippen LogP contribution < -0.4 is 5.73 Å². The Kier molecular flexibility index (Phi) is 2.23. The highest BCUT2D eigenvalue weighted by Crippen LogP contribution is 2.45. The summed E-state index contributed by atoms with van der Waals surface area (Å²) in [6, 6.07) is 1.96. The Bertz CT molecular complexity index is 583. The summed E-state index contributed by atoms with van der Waals surface area (Å²) in [4.78, 5) is 8.85. The number of hydrogen-bond acceptors (Lipinski definition) is 3. The van der Waals surface area contributed by atoms with E-state index in [1.165, 1.54) is 12.8 Å². The van der Waals surface area contributed by atoms with Crippen LogP contribution in [-0.4, -0.2) is 14.5 Å². The standard InChI is InChI=1S/C12H15BrN4/c1-12(2,7-3-4-7)17-10-9(16-11(17)14)5-8(13)6-15-10/h5-7H,3-4H2,1-2H3,(H2,14,16). The van der Waals surface area contributed by atoms with Gasteiger partial charge in [-0.15, -0.1) is 0 Å². The van der Waals surface area contributed by atoms with Crippen molar-refractivity contribution in [1.82, 2.24) is 14.5 Å². The minimum atomic E-state index is -0.000334. The fraction of sp³-hybridized carbons (Fsp3) is 0.500. The molecule has 1 saturated carbocycles. The predicted molar refractivity (Wildman–Crippen MR) is 71.7 cm³/mol. The van der Waals surface area contributed by atoms with Gasteiger partial charge in [-0.2, -0.15) is 0 Å². The van der Waals surface area contributed by atoms with Crippen LogP contribution in [0.2, 0.25) is 0 Å². The molecule has 5 heteroatoms. The summed E-state index contributed by atoms with van der Waals surface area (Å²) in [7, 11) is 0. The van der Waals surface area contributed by atoms with Crippen molar-refractivity contribution in [3.63, 3.8) is 0 Å². The Labute approximate surface area is 108 Å². The normalized spacial score (nSPS) is 16.6. The van der Waals surface area contributed by atoms with Crippen molar-refractivity contribution in [1.29, 1.82) is 0 Å². The number of halogens is 1. The van der Waals surface area contributed by atoms with Crippen LogP contribution in [0.3, 0.4) is 0 Å². The fourth-order valence-corrected chi connectivity index (χ4v) is 2.82. The molecule has 0 aromatic carbocycles. The lowest BCUT2D eigenvalue weighted by atomic mass is 9.98. The number of nitrogens with two attached hydrogens (primary N) is 1. The number of nitrogen functional groups attached to an aromatic ring is 1. The molecule has 2 heterocycles. The zero-order valence-electron chi connectivity index (χ0n) is 9.94. The smallest absolute Gasteiger partial charge is 0.202 e. The van der Waals surface area contributed by atoms with Gasteiger partial charge < -0.3 is 5.73 Å². The Morgan fingerprint density at radius 1 is 1.47 bits per heavy atom. The molecule has 0 unspecified atom stereocenters. The maximum Gasteiger partial charge on any atom is 0.202 e. The molecule has 0 amide bonds. The largest absolute Gasteiger partial charge is 0.369 e. The van der Waals surface area contributed by atoms with E-state index in [0.717, 1.165) is 15.6 Å². The monoisotopic (exact) mass is 294 g/mol. The summed E-state index contributed by atoms with van der Waals surface area (Å²) < 4.78 is 3.01. The van der Waals surface area contributed by atoms with Crippen LogP contribution in [0.25, 0.3) is 11.2 Å². The van der Waals surface area contributed by atoms with Crippen molar-refractivity contribution in [2.45, 2.75) is 32.2 Å². The van der Waals surface area contributed by atoms with Crippen molar-refractivity contribution in [3.05, 3.63) is 16.7 Å². The summed E-state index contributed by atoms with van der Waals surface area (Å²) in [5.41, 5.74) is 7.78. The van der Waals surface area contributed by atoms with Crippen LogP contribution in [0.4, 0.5) is 5.95 Å². The first kappa shape index (κ1) is 11.0. The molecule has 0 aliphatic heterocycles. The first-order chi connectivity index (χ1) is 8.00. The molecule has 2 N–H and O–H groups in total. The molecule has 3 rings (SSSR count). The Balaban J connectivity index is 2.24. The third-order valence-electron chi connectivity index (χ3n) is 3.64. The molecule has 0 atom stereocenters. The lowest BCUT2D eigenvalue weighted by Gasteiger charge is -2.27. The summed E-state index contributed by atoms with van der Waals surface area (Å²) >= 11 is 3.41. The first-order valence-electron chi connectivity index (χ1n) is 5.80. The molecular formula is C12H15BrN4. The molecule has 4 nitrogen and oxygen atoms in total. The zero-order chi connectivity index (χ0) is 12.2. The fourth-order valence-electron chi connectivity index (χ4n) is 2.50. The van der Waals surface area contributed by atoms with Crippen molar-refractivity contribution >= 4 is 33.0 Å². The molecule has 0 spiro atoms. The van der Waals surface area contributed by atoms with Crippen molar-refractivity contribution < 1.29 is 0 Å². The van der Waals surface area contributed by atoms with Crippen molar-refractivity contribution in [2.75, 3.05) is 5.73 Å². The number of nitrogens with zero attached hydrogens (tertiary/aromatic N) is 3.